The van der Waals surface area contributed by atoms with Crippen molar-refractivity contribution in [2.75, 3.05) is 6.54 Å². The molecule has 0 aliphatic carbocycles. The molecule has 1 aliphatic rings. The Kier molecular flexibility index (Phi) is 4.35. The molecule has 0 bridgehead atoms. The molecule has 0 aromatic rings. The number of nitrogens with two attached hydrogens (primary N) is 1. The molecule has 1 rings (SSSR count). The van der Waals surface area contributed by atoms with Crippen molar-refractivity contribution in [3.63, 3.8) is 0 Å². The van der Waals surface area contributed by atoms with E-state index in [-0.39, 0.29) is 12.0 Å². The van der Waals surface area contributed by atoms with Gasteiger partial charge in [0.2, 0.25) is 5.91 Å². The molecule has 1 saturated heterocycles. The van der Waals surface area contributed by atoms with Crippen molar-refractivity contribution in [1.82, 2.24) is 5.32 Å². The van der Waals surface area contributed by atoms with E-state index >= 15 is 0 Å². The summed E-state index contributed by atoms with van der Waals surface area (Å²) in [6.07, 6.45) is 2.46. The van der Waals surface area contributed by atoms with Crippen LogP contribution in [0.25, 0.3) is 0 Å². The largest absolute Gasteiger partial charge is 0.367 e. The van der Waals surface area contributed by atoms with Gasteiger partial charge in [-0.1, -0.05) is 6.92 Å². The second-order valence-corrected chi connectivity index (χ2v) is 3.86. The monoisotopic (exact) mass is 200 g/mol. The van der Waals surface area contributed by atoms with E-state index in [0.717, 1.165) is 19.4 Å². The van der Waals surface area contributed by atoms with Gasteiger partial charge in [-0.15, -0.1) is 0 Å². The Labute approximate surface area is 85.2 Å². The number of carbonyl (C=O) groups is 1. The zero-order valence-electron chi connectivity index (χ0n) is 8.95. The van der Waals surface area contributed by atoms with Crippen molar-refractivity contribution in [2.24, 2.45) is 5.73 Å². The van der Waals surface area contributed by atoms with Crippen molar-refractivity contribution in [2.45, 2.75) is 51.4 Å². The van der Waals surface area contributed by atoms with Gasteiger partial charge in [-0.05, 0) is 32.7 Å². The Bertz CT molecular complexity index is 197. The van der Waals surface area contributed by atoms with Crippen LogP contribution in [0.5, 0.6) is 0 Å². The number of rotatable bonds is 4. The normalized spacial score (nSPS) is 29.9. The standard InChI is InChI=1S/C10H20N2O2/c1-3-8(10(11)13)14-9-5-4-6-12-7(9)2/h7-9,12H,3-6H2,1-2H3,(H2,11,13). The fourth-order valence-electron chi connectivity index (χ4n) is 1.78. The average molecular weight is 200 g/mol. The number of carbonyl (C=O) groups excluding carboxylic acids is 1. The summed E-state index contributed by atoms with van der Waals surface area (Å²) in [5.41, 5.74) is 5.23. The molecular formula is C10H20N2O2. The number of amides is 1. The van der Waals surface area contributed by atoms with Gasteiger partial charge in [0.15, 0.2) is 0 Å². The summed E-state index contributed by atoms with van der Waals surface area (Å²) in [5, 5.41) is 3.32. The Morgan fingerprint density at radius 2 is 2.43 bits per heavy atom. The fourth-order valence-corrected chi connectivity index (χ4v) is 1.78. The van der Waals surface area contributed by atoms with Gasteiger partial charge in [0.1, 0.15) is 6.10 Å². The molecule has 82 valence electrons. The van der Waals surface area contributed by atoms with E-state index in [1.54, 1.807) is 0 Å². The molecule has 1 aliphatic heterocycles. The molecule has 14 heavy (non-hydrogen) atoms. The predicted octanol–water partition coefficient (Wildman–Crippen LogP) is 0.407. The van der Waals surface area contributed by atoms with E-state index in [2.05, 4.69) is 12.2 Å². The van der Waals surface area contributed by atoms with Crippen molar-refractivity contribution in [1.29, 1.82) is 0 Å². The maximum Gasteiger partial charge on any atom is 0.246 e. The van der Waals surface area contributed by atoms with Gasteiger partial charge in [-0.2, -0.15) is 0 Å². The van der Waals surface area contributed by atoms with Crippen molar-refractivity contribution in [3.8, 4) is 0 Å². The Morgan fingerprint density at radius 3 is 2.93 bits per heavy atom. The second-order valence-electron chi connectivity index (χ2n) is 3.86. The lowest BCUT2D eigenvalue weighted by molar-refractivity contribution is -0.135. The molecule has 1 amide bonds. The summed E-state index contributed by atoms with van der Waals surface area (Å²) in [6, 6.07) is 0.317. The smallest absolute Gasteiger partial charge is 0.246 e. The predicted molar refractivity (Wildman–Crippen MR) is 54.8 cm³/mol. The summed E-state index contributed by atoms with van der Waals surface area (Å²) >= 11 is 0. The second kappa shape index (κ2) is 5.32. The molecule has 3 unspecified atom stereocenters. The van der Waals surface area contributed by atoms with Crippen LogP contribution in [-0.4, -0.2) is 30.7 Å². The van der Waals surface area contributed by atoms with Crippen LogP contribution < -0.4 is 11.1 Å². The van der Waals surface area contributed by atoms with Crippen molar-refractivity contribution in [3.05, 3.63) is 0 Å². The fraction of sp³-hybridized carbons (Fsp3) is 0.900. The Hall–Kier alpha value is -0.610. The molecule has 4 nitrogen and oxygen atoms in total. The zero-order valence-corrected chi connectivity index (χ0v) is 8.95. The molecule has 0 aromatic heterocycles. The molecule has 0 aromatic carbocycles. The van der Waals surface area contributed by atoms with Crippen molar-refractivity contribution < 1.29 is 9.53 Å². The van der Waals surface area contributed by atoms with Crippen LogP contribution in [-0.2, 0) is 9.53 Å². The van der Waals surface area contributed by atoms with E-state index in [0.29, 0.717) is 12.5 Å². The molecule has 3 N–H and O–H groups in total. The number of piperidine rings is 1. The average Bonchev–Trinajstić information content (AvgIpc) is 2.16. The first-order valence-electron chi connectivity index (χ1n) is 5.33. The first-order valence-corrected chi connectivity index (χ1v) is 5.33. The summed E-state index contributed by atoms with van der Waals surface area (Å²) in [6.45, 7) is 5.03. The van der Waals surface area contributed by atoms with Crippen LogP contribution in [0.4, 0.5) is 0 Å². The molecule has 0 radical (unpaired) electrons. The van der Waals surface area contributed by atoms with Crippen LogP contribution in [0.1, 0.15) is 33.1 Å². The summed E-state index contributed by atoms with van der Waals surface area (Å²) in [5.74, 6) is -0.356. The lowest BCUT2D eigenvalue weighted by atomic mass is 10.0. The van der Waals surface area contributed by atoms with Gasteiger partial charge in [0, 0.05) is 6.04 Å². The number of hydrogen-bond acceptors (Lipinski definition) is 3. The molecule has 3 atom stereocenters. The van der Waals surface area contributed by atoms with Crippen molar-refractivity contribution >= 4 is 5.91 Å². The minimum atomic E-state index is -0.428. The van der Waals surface area contributed by atoms with Gasteiger partial charge in [-0.25, -0.2) is 0 Å². The number of ether oxygens (including phenoxy) is 1. The first kappa shape index (κ1) is 11.5. The molecular weight excluding hydrogens is 180 g/mol. The molecule has 1 heterocycles. The van der Waals surface area contributed by atoms with Crippen LogP contribution in [0.2, 0.25) is 0 Å². The number of primary amides is 1. The van der Waals surface area contributed by atoms with Crippen LogP contribution in [0.15, 0.2) is 0 Å². The molecule has 4 heteroatoms. The topological polar surface area (TPSA) is 64.3 Å². The highest BCUT2D eigenvalue weighted by atomic mass is 16.5. The van der Waals surface area contributed by atoms with Gasteiger partial charge < -0.3 is 15.8 Å². The molecule has 0 saturated carbocycles. The van der Waals surface area contributed by atoms with E-state index in [4.69, 9.17) is 10.5 Å². The third-order valence-electron chi connectivity index (χ3n) is 2.72. The highest BCUT2D eigenvalue weighted by molar-refractivity contribution is 5.78. The summed E-state index contributed by atoms with van der Waals surface area (Å²) in [4.78, 5) is 11.0. The van der Waals surface area contributed by atoms with E-state index in [9.17, 15) is 4.79 Å². The highest BCUT2D eigenvalue weighted by Gasteiger charge is 2.26. The first-order chi connectivity index (χ1) is 6.65. The SMILES string of the molecule is CCC(OC1CCCNC1C)C(N)=O. The quantitative estimate of drug-likeness (QED) is 0.690. The van der Waals surface area contributed by atoms with Crippen LogP contribution in [0.3, 0.4) is 0 Å². The van der Waals surface area contributed by atoms with Gasteiger partial charge in [0.05, 0.1) is 6.10 Å². The summed E-state index contributed by atoms with van der Waals surface area (Å²) < 4.78 is 5.68. The van der Waals surface area contributed by atoms with E-state index in [1.807, 2.05) is 6.92 Å². The third-order valence-corrected chi connectivity index (χ3v) is 2.72. The van der Waals surface area contributed by atoms with Gasteiger partial charge in [0.25, 0.3) is 0 Å². The van der Waals surface area contributed by atoms with Crippen LogP contribution in [0, 0.1) is 0 Å². The number of hydrogen-bond donors (Lipinski definition) is 2. The Balaban J connectivity index is 2.43. The maximum absolute atomic E-state index is 11.0. The lowest BCUT2D eigenvalue weighted by Crippen LogP contribution is -2.47. The van der Waals surface area contributed by atoms with Gasteiger partial charge in [-0.3, -0.25) is 4.79 Å². The third kappa shape index (κ3) is 2.96. The summed E-state index contributed by atoms with van der Waals surface area (Å²) in [7, 11) is 0. The molecule has 1 fully saturated rings. The van der Waals surface area contributed by atoms with Crippen LogP contribution >= 0.6 is 0 Å². The van der Waals surface area contributed by atoms with E-state index < -0.39 is 6.10 Å². The highest BCUT2D eigenvalue weighted by Crippen LogP contribution is 2.15. The maximum atomic E-state index is 11.0. The minimum Gasteiger partial charge on any atom is -0.367 e. The number of nitrogens with one attached hydrogen (secondary N) is 1. The van der Waals surface area contributed by atoms with E-state index in [1.165, 1.54) is 0 Å². The molecule has 0 spiro atoms. The minimum absolute atomic E-state index is 0.126. The lowest BCUT2D eigenvalue weighted by Gasteiger charge is -2.32. The zero-order chi connectivity index (χ0) is 10.6. The van der Waals surface area contributed by atoms with Gasteiger partial charge >= 0.3 is 0 Å². The Morgan fingerprint density at radius 1 is 1.71 bits per heavy atom.